The molecule has 0 amide bonds. The number of hydrogen-bond acceptors (Lipinski definition) is 3. The van der Waals surface area contributed by atoms with E-state index in [1.165, 1.54) is 56.5 Å². The van der Waals surface area contributed by atoms with E-state index in [1.807, 2.05) is 19.3 Å². The highest BCUT2D eigenvalue weighted by Gasteiger charge is 2.33. The summed E-state index contributed by atoms with van der Waals surface area (Å²) in [7, 11) is 1.97. The topological polar surface area (TPSA) is 28.2 Å². The van der Waals surface area contributed by atoms with Gasteiger partial charge in [0.2, 0.25) is 0 Å². The average Bonchev–Trinajstić information content (AvgIpc) is 3.09. The number of pyridine rings is 1. The van der Waals surface area contributed by atoms with Crippen LogP contribution in [0.3, 0.4) is 0 Å². The van der Waals surface area contributed by atoms with Gasteiger partial charge in [-0.3, -0.25) is 9.88 Å². The van der Waals surface area contributed by atoms with Gasteiger partial charge in [0.25, 0.3) is 0 Å². The van der Waals surface area contributed by atoms with Crippen molar-refractivity contribution < 1.29 is 0 Å². The third-order valence-electron chi connectivity index (χ3n) is 4.83. The van der Waals surface area contributed by atoms with Crippen molar-refractivity contribution in [2.24, 2.45) is 5.92 Å². The van der Waals surface area contributed by atoms with Crippen molar-refractivity contribution in [1.29, 1.82) is 0 Å². The Hall–Kier alpha value is -1.09. The minimum Gasteiger partial charge on any atom is -0.388 e. The smallest absolute Gasteiger partial charge is 0.0564 e. The molecule has 19 heavy (non-hydrogen) atoms. The highest BCUT2D eigenvalue weighted by atomic mass is 15.2. The van der Waals surface area contributed by atoms with E-state index in [4.69, 9.17) is 0 Å². The first-order valence-corrected chi connectivity index (χ1v) is 7.73. The van der Waals surface area contributed by atoms with Gasteiger partial charge in [-0.25, -0.2) is 0 Å². The van der Waals surface area contributed by atoms with Crippen molar-refractivity contribution in [3.63, 3.8) is 0 Å². The highest BCUT2D eigenvalue weighted by molar-refractivity contribution is 5.42. The van der Waals surface area contributed by atoms with Crippen LogP contribution in [0.5, 0.6) is 0 Å². The van der Waals surface area contributed by atoms with Gasteiger partial charge in [-0.15, -0.1) is 0 Å². The Balaban J connectivity index is 1.67. The fraction of sp³-hybridized carbons (Fsp3) is 0.688. The molecule has 3 rings (SSSR count). The molecule has 1 aliphatic heterocycles. The van der Waals surface area contributed by atoms with E-state index in [-0.39, 0.29) is 0 Å². The molecule has 1 aromatic rings. The summed E-state index contributed by atoms with van der Waals surface area (Å²) in [5.74, 6) is 0.954. The lowest BCUT2D eigenvalue weighted by molar-refractivity contribution is 0.181. The number of nitrogens with zero attached hydrogens (tertiary/aromatic N) is 2. The second-order valence-electron chi connectivity index (χ2n) is 6.01. The Labute approximate surface area is 116 Å². The molecule has 1 aliphatic carbocycles. The normalized spacial score (nSPS) is 25.0. The average molecular weight is 259 g/mol. The largest absolute Gasteiger partial charge is 0.388 e. The predicted molar refractivity (Wildman–Crippen MR) is 79.2 cm³/mol. The van der Waals surface area contributed by atoms with E-state index < -0.39 is 0 Å². The molecule has 1 saturated heterocycles. The van der Waals surface area contributed by atoms with E-state index in [2.05, 4.69) is 21.3 Å². The van der Waals surface area contributed by atoms with Gasteiger partial charge < -0.3 is 5.32 Å². The van der Waals surface area contributed by atoms with Crippen LogP contribution >= 0.6 is 0 Å². The van der Waals surface area contributed by atoms with Gasteiger partial charge >= 0.3 is 0 Å². The SMILES string of the molecule is CNc1ccnc(CN2CCCC2C2CCCC2)c1. The van der Waals surface area contributed by atoms with Gasteiger partial charge in [-0.2, -0.15) is 0 Å². The van der Waals surface area contributed by atoms with Crippen molar-refractivity contribution in [2.45, 2.75) is 51.1 Å². The van der Waals surface area contributed by atoms with E-state index in [1.54, 1.807) is 0 Å². The summed E-state index contributed by atoms with van der Waals surface area (Å²) in [4.78, 5) is 7.21. The van der Waals surface area contributed by atoms with E-state index >= 15 is 0 Å². The van der Waals surface area contributed by atoms with Crippen LogP contribution in [0.1, 0.15) is 44.2 Å². The molecule has 3 nitrogen and oxygen atoms in total. The summed E-state index contributed by atoms with van der Waals surface area (Å²) in [5, 5.41) is 3.20. The Morgan fingerprint density at radius 1 is 1.26 bits per heavy atom. The monoisotopic (exact) mass is 259 g/mol. The van der Waals surface area contributed by atoms with Crippen molar-refractivity contribution >= 4 is 5.69 Å². The first-order chi connectivity index (χ1) is 9.36. The van der Waals surface area contributed by atoms with Gasteiger partial charge in [0.15, 0.2) is 0 Å². The molecule has 104 valence electrons. The molecule has 0 bridgehead atoms. The van der Waals surface area contributed by atoms with Crippen LogP contribution in [0.4, 0.5) is 5.69 Å². The zero-order valence-corrected chi connectivity index (χ0v) is 11.9. The number of nitrogens with one attached hydrogen (secondary N) is 1. The van der Waals surface area contributed by atoms with Gasteiger partial charge in [0, 0.05) is 31.5 Å². The van der Waals surface area contributed by atoms with Crippen molar-refractivity contribution in [2.75, 3.05) is 18.9 Å². The quantitative estimate of drug-likeness (QED) is 0.899. The molecular weight excluding hydrogens is 234 g/mol. The lowest BCUT2D eigenvalue weighted by atomic mass is 9.96. The molecule has 2 heterocycles. The molecule has 0 aromatic carbocycles. The lowest BCUT2D eigenvalue weighted by Gasteiger charge is -2.29. The molecule has 0 radical (unpaired) electrons. The van der Waals surface area contributed by atoms with Crippen LogP contribution in [0, 0.1) is 5.92 Å². The van der Waals surface area contributed by atoms with Crippen LogP contribution in [-0.2, 0) is 6.54 Å². The Kier molecular flexibility index (Phi) is 4.02. The van der Waals surface area contributed by atoms with Crippen LogP contribution in [-0.4, -0.2) is 29.5 Å². The third kappa shape index (κ3) is 2.92. The van der Waals surface area contributed by atoms with E-state index in [9.17, 15) is 0 Å². The maximum absolute atomic E-state index is 4.53. The fourth-order valence-corrected chi connectivity index (χ4v) is 3.85. The van der Waals surface area contributed by atoms with Gasteiger partial charge in [0.05, 0.1) is 5.69 Å². The Bertz CT molecular complexity index is 412. The number of hydrogen-bond donors (Lipinski definition) is 1. The van der Waals surface area contributed by atoms with E-state index in [0.29, 0.717) is 0 Å². The summed E-state index contributed by atoms with van der Waals surface area (Å²) >= 11 is 0. The van der Waals surface area contributed by atoms with Crippen LogP contribution < -0.4 is 5.32 Å². The third-order valence-corrected chi connectivity index (χ3v) is 4.83. The number of anilines is 1. The van der Waals surface area contributed by atoms with Crippen LogP contribution in [0.25, 0.3) is 0 Å². The molecule has 1 aromatic heterocycles. The molecular formula is C16H25N3. The summed E-state index contributed by atoms with van der Waals surface area (Å²) < 4.78 is 0. The maximum atomic E-state index is 4.53. The minimum absolute atomic E-state index is 0.822. The molecule has 2 aliphatic rings. The molecule has 3 heteroatoms. The number of rotatable bonds is 4. The maximum Gasteiger partial charge on any atom is 0.0564 e. The molecule has 2 fully saturated rings. The second-order valence-corrected chi connectivity index (χ2v) is 6.01. The first kappa shape index (κ1) is 12.9. The van der Waals surface area contributed by atoms with Crippen molar-refractivity contribution in [1.82, 2.24) is 9.88 Å². The van der Waals surface area contributed by atoms with Gasteiger partial charge in [-0.1, -0.05) is 12.8 Å². The highest BCUT2D eigenvalue weighted by Crippen LogP contribution is 2.35. The minimum atomic E-state index is 0.822. The van der Waals surface area contributed by atoms with Gasteiger partial charge in [-0.05, 0) is 50.3 Å². The van der Waals surface area contributed by atoms with Crippen LogP contribution in [0.15, 0.2) is 18.3 Å². The molecule has 1 atom stereocenters. The zero-order chi connectivity index (χ0) is 13.1. The Morgan fingerprint density at radius 2 is 2.11 bits per heavy atom. The lowest BCUT2D eigenvalue weighted by Crippen LogP contribution is -2.34. The summed E-state index contributed by atoms with van der Waals surface area (Å²) in [6, 6.07) is 5.04. The molecule has 0 spiro atoms. The van der Waals surface area contributed by atoms with Gasteiger partial charge in [0.1, 0.15) is 0 Å². The molecule has 1 unspecified atom stereocenters. The van der Waals surface area contributed by atoms with Crippen molar-refractivity contribution in [3.8, 4) is 0 Å². The first-order valence-electron chi connectivity index (χ1n) is 7.73. The fourth-order valence-electron chi connectivity index (χ4n) is 3.85. The van der Waals surface area contributed by atoms with E-state index in [0.717, 1.165) is 18.5 Å². The Morgan fingerprint density at radius 3 is 2.89 bits per heavy atom. The summed E-state index contributed by atoms with van der Waals surface area (Å²) in [6.45, 7) is 2.28. The van der Waals surface area contributed by atoms with Crippen molar-refractivity contribution in [3.05, 3.63) is 24.0 Å². The standard InChI is InChI=1S/C16H25N3/c1-17-14-8-9-18-15(11-14)12-19-10-4-7-16(19)13-5-2-3-6-13/h8-9,11,13,16H,2-7,10,12H2,1H3,(H,17,18). The summed E-state index contributed by atoms with van der Waals surface area (Å²) in [5.41, 5.74) is 2.37. The predicted octanol–water partition coefficient (Wildman–Crippen LogP) is 3.28. The molecule has 1 N–H and O–H groups in total. The zero-order valence-electron chi connectivity index (χ0n) is 11.9. The van der Waals surface area contributed by atoms with Crippen LogP contribution in [0.2, 0.25) is 0 Å². The molecule has 1 saturated carbocycles. The number of aromatic nitrogens is 1. The summed E-state index contributed by atoms with van der Waals surface area (Å²) in [6.07, 6.45) is 10.5. The number of likely N-dealkylation sites (tertiary alicyclic amines) is 1. The second kappa shape index (κ2) is 5.91.